The van der Waals surface area contributed by atoms with Gasteiger partial charge in [-0.25, -0.2) is 8.42 Å². The van der Waals surface area contributed by atoms with E-state index < -0.39 is 71.6 Å². The first-order valence-corrected chi connectivity index (χ1v) is 13.8. The van der Waals surface area contributed by atoms with Gasteiger partial charge in [0.2, 0.25) is 15.7 Å². The number of nitrogens with zero attached hydrogens (tertiary/aromatic N) is 1. The Kier molecular flexibility index (Phi) is 11.4. The van der Waals surface area contributed by atoms with Crippen molar-refractivity contribution in [2.45, 2.75) is 75.0 Å². The van der Waals surface area contributed by atoms with Crippen molar-refractivity contribution in [1.29, 1.82) is 0 Å². The third-order valence-electron chi connectivity index (χ3n) is 4.97. The first kappa shape index (κ1) is 37.6. The van der Waals surface area contributed by atoms with Crippen molar-refractivity contribution >= 4 is 24.7 Å². The maximum absolute atomic E-state index is 14.5. The van der Waals surface area contributed by atoms with Crippen LogP contribution < -0.4 is 0 Å². The molecule has 0 radical (unpaired) electrons. The Labute approximate surface area is 214 Å². The number of hydrogen-bond donors (Lipinski definition) is 0. The van der Waals surface area contributed by atoms with Gasteiger partial charge in [0.25, 0.3) is 0 Å². The summed E-state index contributed by atoms with van der Waals surface area (Å²) < 4.78 is 215. The summed E-state index contributed by atoms with van der Waals surface area (Å²) in [5, 5.41) is -11.0. The smallest absolute Gasteiger partial charge is 0.357 e. The molecule has 22 heteroatoms. The lowest BCUT2D eigenvalue weighted by Gasteiger charge is -2.40. The highest BCUT2D eigenvalue weighted by Crippen LogP contribution is 2.61. The largest absolute Gasteiger partial charge is 0.635 e. The molecule has 0 saturated carbocycles. The molecule has 1 atom stereocenters. The lowest BCUT2D eigenvalue weighted by atomic mass is 9.98. The van der Waals surface area contributed by atoms with E-state index in [4.69, 9.17) is 13.3 Å². The van der Waals surface area contributed by atoms with Crippen molar-refractivity contribution in [3.63, 3.8) is 0 Å². The highest BCUT2D eigenvalue weighted by atomic mass is 32.2. The van der Waals surface area contributed by atoms with E-state index >= 15 is 0 Å². The zero-order valence-corrected chi connectivity index (χ0v) is 22.4. The summed E-state index contributed by atoms with van der Waals surface area (Å²) in [4.78, 5) is 12.9. The fraction of sp³-hybridized carbons (Fsp3) is 0.941. The lowest BCUT2D eigenvalue weighted by molar-refractivity contribution is -0.433. The molecule has 0 aliphatic rings. The predicted octanol–water partition coefficient (Wildman–Crippen LogP) is 4.88. The van der Waals surface area contributed by atoms with Crippen LogP contribution in [-0.2, 0) is 27.9 Å². The van der Waals surface area contributed by atoms with Crippen molar-refractivity contribution in [1.82, 2.24) is 4.57 Å². The van der Waals surface area contributed by atoms with E-state index in [1.165, 1.54) is 20.8 Å². The number of hydrogen-bond acceptors (Lipinski definition) is 6. The fourth-order valence-electron chi connectivity index (χ4n) is 2.90. The average Bonchev–Trinajstić information content (AvgIpc) is 2.77. The number of amides is 1. The molecular weight excluding hydrogens is 621 g/mol. The number of carbonyl (C=O) groups is 1. The van der Waals surface area contributed by atoms with Crippen LogP contribution in [0.2, 0.25) is 0 Å². The van der Waals surface area contributed by atoms with E-state index in [-0.39, 0.29) is 31.3 Å². The first-order chi connectivity index (χ1) is 17.2. The van der Waals surface area contributed by atoms with Gasteiger partial charge >= 0.3 is 44.1 Å². The topological polar surface area (TPSA) is 82.1 Å². The SMILES string of the molecule is CCO[Si](OCC)(OCC)N(CC)C(=O)C(C)S(=O)(=O)C(F)(F)C(F)(F)C(F)(F)C(F)(F)C(F)(F)C(F)(F)F. The highest BCUT2D eigenvalue weighted by Gasteiger charge is 2.92. The molecule has 0 N–H and O–H groups in total. The molecule has 1 unspecified atom stereocenters. The Morgan fingerprint density at radius 3 is 1.31 bits per heavy atom. The monoisotopic (exact) mass is 645 g/mol. The van der Waals surface area contributed by atoms with Crippen LogP contribution in [0.25, 0.3) is 0 Å². The quantitative estimate of drug-likeness (QED) is 0.187. The van der Waals surface area contributed by atoms with E-state index in [1.54, 1.807) is 0 Å². The molecule has 0 aromatic carbocycles. The second-order valence-electron chi connectivity index (χ2n) is 7.40. The van der Waals surface area contributed by atoms with Gasteiger partial charge in [-0.2, -0.15) is 57.1 Å². The molecule has 0 rings (SSSR count). The molecule has 0 fully saturated rings. The number of alkyl halides is 13. The van der Waals surface area contributed by atoms with Crippen LogP contribution >= 0.6 is 0 Å². The molecule has 7 nitrogen and oxygen atoms in total. The van der Waals surface area contributed by atoms with Crippen molar-refractivity contribution in [2.24, 2.45) is 0 Å². The standard InChI is InChI=1S/C17H24F13NO6SSi/c1-6-31(39(35-7-2,36-8-3)37-9-4)11(32)10(5)38(33,34)17(29,30)15(24,25)13(20,21)12(18,19)14(22,23)16(26,27)28/h10H,6-9H2,1-5H3. The Hall–Kier alpha value is -1.39. The third kappa shape index (κ3) is 5.84. The van der Waals surface area contributed by atoms with Gasteiger partial charge in [0.05, 0.1) is 0 Å². The molecule has 0 aliphatic carbocycles. The Balaban J connectivity index is 6.92. The lowest BCUT2D eigenvalue weighted by Crippen LogP contribution is -2.72. The van der Waals surface area contributed by atoms with Gasteiger partial charge in [-0.3, -0.25) is 4.79 Å². The summed E-state index contributed by atoms with van der Waals surface area (Å²) in [6.45, 7) is 3.16. The molecule has 1 amide bonds. The van der Waals surface area contributed by atoms with Crippen LogP contribution in [0.15, 0.2) is 0 Å². The molecule has 234 valence electrons. The molecule has 0 saturated heterocycles. The number of halogens is 13. The predicted molar refractivity (Wildman–Crippen MR) is 107 cm³/mol. The highest BCUT2D eigenvalue weighted by molar-refractivity contribution is 7.93. The summed E-state index contributed by atoms with van der Waals surface area (Å²) >= 11 is 0. The van der Waals surface area contributed by atoms with Crippen molar-refractivity contribution in [3.05, 3.63) is 0 Å². The fourth-order valence-corrected chi connectivity index (χ4v) is 6.98. The van der Waals surface area contributed by atoms with Crippen molar-refractivity contribution < 1.29 is 83.6 Å². The van der Waals surface area contributed by atoms with Gasteiger partial charge < -0.3 is 17.8 Å². The van der Waals surface area contributed by atoms with Gasteiger partial charge in [-0.1, -0.05) is 0 Å². The zero-order chi connectivity index (χ0) is 31.7. The van der Waals surface area contributed by atoms with E-state index in [2.05, 4.69) is 0 Å². The minimum atomic E-state index is -8.34. The number of rotatable bonds is 15. The van der Waals surface area contributed by atoms with Crippen molar-refractivity contribution in [3.8, 4) is 0 Å². The minimum absolute atomic E-state index is 0.0755. The zero-order valence-electron chi connectivity index (χ0n) is 20.6. The normalized spacial score (nSPS) is 15.8. The van der Waals surface area contributed by atoms with E-state index in [9.17, 15) is 70.3 Å². The van der Waals surface area contributed by atoms with Crippen LogP contribution in [0, 0.1) is 0 Å². The minimum Gasteiger partial charge on any atom is -0.357 e. The molecule has 0 spiro atoms. The van der Waals surface area contributed by atoms with Gasteiger partial charge in [-0.05, 0) is 34.6 Å². The van der Waals surface area contributed by atoms with Gasteiger partial charge in [0, 0.05) is 26.4 Å². The van der Waals surface area contributed by atoms with E-state index in [0.717, 1.165) is 6.92 Å². The van der Waals surface area contributed by atoms with Gasteiger partial charge in [-0.15, -0.1) is 0 Å². The molecule has 0 aromatic heterocycles. The second kappa shape index (κ2) is 11.8. The van der Waals surface area contributed by atoms with Crippen molar-refractivity contribution in [2.75, 3.05) is 26.4 Å². The molecule has 0 aromatic rings. The molecule has 0 heterocycles. The number of sulfone groups is 1. The van der Waals surface area contributed by atoms with Crippen LogP contribution in [0.4, 0.5) is 57.1 Å². The summed E-state index contributed by atoms with van der Waals surface area (Å²) in [5.74, 6) is -34.9. The maximum atomic E-state index is 14.5. The average molecular weight is 646 g/mol. The van der Waals surface area contributed by atoms with E-state index in [0.29, 0.717) is 0 Å². The maximum Gasteiger partial charge on any atom is 0.635 e. The van der Waals surface area contributed by atoms with Crippen LogP contribution in [0.1, 0.15) is 34.6 Å². The summed E-state index contributed by atoms with van der Waals surface area (Å²) in [6, 6.07) is 0. The summed E-state index contributed by atoms with van der Waals surface area (Å²) in [5.41, 5.74) is 0. The summed E-state index contributed by atoms with van der Waals surface area (Å²) in [7, 11) is -12.0. The van der Waals surface area contributed by atoms with Gasteiger partial charge in [0.15, 0.2) is 0 Å². The molecule has 0 bridgehead atoms. The Bertz CT molecular complexity index is 944. The van der Waals surface area contributed by atoms with Crippen LogP contribution in [-0.4, -0.2) is 94.6 Å². The van der Waals surface area contributed by atoms with E-state index in [1.807, 2.05) is 0 Å². The summed E-state index contributed by atoms with van der Waals surface area (Å²) in [6.07, 6.45) is -7.67. The molecular formula is C17H24F13NO6SSi. The van der Waals surface area contributed by atoms with Gasteiger partial charge in [0.1, 0.15) is 5.25 Å². The first-order valence-electron chi connectivity index (χ1n) is 10.6. The third-order valence-corrected chi connectivity index (χ3v) is 10.2. The second-order valence-corrected chi connectivity index (χ2v) is 12.2. The number of carbonyl (C=O) groups excluding carboxylic acids is 1. The molecule has 39 heavy (non-hydrogen) atoms. The Morgan fingerprint density at radius 2 is 1.03 bits per heavy atom. The van der Waals surface area contributed by atoms with Crippen LogP contribution in [0.5, 0.6) is 0 Å². The molecule has 0 aliphatic heterocycles. The Morgan fingerprint density at radius 1 is 0.692 bits per heavy atom. The van der Waals surface area contributed by atoms with Crippen LogP contribution in [0.3, 0.4) is 0 Å².